The maximum Gasteiger partial charge on any atom is 0.191 e. The molecule has 3 aliphatic rings. The monoisotopic (exact) mass is 605 g/mol. The lowest BCUT2D eigenvalue weighted by Gasteiger charge is -2.48. The topological polar surface area (TPSA) is 153 Å². The molecule has 3 fully saturated rings. The van der Waals surface area contributed by atoms with Crippen LogP contribution < -0.4 is 5.73 Å². The van der Waals surface area contributed by atoms with Crippen LogP contribution in [0.1, 0.15) is 80.1 Å². The van der Waals surface area contributed by atoms with Crippen LogP contribution in [0.5, 0.6) is 0 Å². The van der Waals surface area contributed by atoms with Gasteiger partial charge >= 0.3 is 0 Å². The minimum Gasteiger partial charge on any atom is -0.417 e. The van der Waals surface area contributed by atoms with E-state index in [1.54, 1.807) is 0 Å². The highest BCUT2D eigenvalue weighted by atomic mass is 28.4. The number of ether oxygens (including phenoxy) is 4. The smallest absolute Gasteiger partial charge is 0.191 e. The summed E-state index contributed by atoms with van der Waals surface area (Å²) in [5.74, 6) is 0.193. The average molecular weight is 606 g/mol. The Hall–Kier alpha value is -0.183. The predicted molar refractivity (Wildman–Crippen MR) is 158 cm³/mol. The van der Waals surface area contributed by atoms with Crippen LogP contribution in [0.15, 0.2) is 0 Å². The lowest BCUT2D eigenvalue weighted by atomic mass is 9.74. The fourth-order valence-corrected chi connectivity index (χ4v) is 7.19. The molecule has 0 aromatic heterocycles. The summed E-state index contributed by atoms with van der Waals surface area (Å²) < 4.78 is 31.2. The van der Waals surface area contributed by atoms with Crippen molar-refractivity contribution >= 4 is 8.32 Å². The van der Waals surface area contributed by atoms with Crippen LogP contribution in [-0.4, -0.2) is 103 Å². The van der Waals surface area contributed by atoms with E-state index in [1.807, 2.05) is 0 Å². The molecule has 41 heavy (non-hydrogen) atoms. The van der Waals surface area contributed by atoms with Gasteiger partial charge in [-0.1, -0.05) is 41.5 Å². The molecule has 1 saturated carbocycles. The van der Waals surface area contributed by atoms with Crippen molar-refractivity contribution in [1.82, 2.24) is 0 Å². The fourth-order valence-electron chi connectivity index (χ4n) is 6.11. The summed E-state index contributed by atoms with van der Waals surface area (Å²) in [5.41, 5.74) is 6.05. The van der Waals surface area contributed by atoms with Gasteiger partial charge in [0.2, 0.25) is 0 Å². The Balaban J connectivity index is 1.76. The summed E-state index contributed by atoms with van der Waals surface area (Å²) in [4.78, 5) is 0. The summed E-state index contributed by atoms with van der Waals surface area (Å²) in [6.07, 6.45) is -2.08. The Kier molecular flexibility index (Phi) is 12.7. The van der Waals surface area contributed by atoms with E-state index in [-0.39, 0.29) is 28.9 Å². The van der Waals surface area contributed by atoms with Gasteiger partial charge in [-0.3, -0.25) is 0 Å². The molecule has 0 bridgehead atoms. The van der Waals surface area contributed by atoms with Gasteiger partial charge < -0.3 is 49.5 Å². The van der Waals surface area contributed by atoms with Gasteiger partial charge in [-0.25, -0.2) is 0 Å². The Morgan fingerprint density at radius 3 is 2.17 bits per heavy atom. The van der Waals surface area contributed by atoms with E-state index in [2.05, 4.69) is 54.6 Å². The molecule has 2 aliphatic heterocycles. The molecule has 0 aromatic carbocycles. The lowest BCUT2D eigenvalue weighted by molar-refractivity contribution is -0.323. The Labute approximate surface area is 248 Å². The van der Waals surface area contributed by atoms with Crippen molar-refractivity contribution in [1.29, 1.82) is 0 Å². The van der Waals surface area contributed by atoms with Crippen LogP contribution in [0, 0.1) is 17.8 Å². The standard InChI is InChI=1S/C30H59NO9Si/c1-9-20-13-12-17(2)28(37-20)39-26-18(3)15-19(11-10-14-36-41(7,8)30(4,5)6)27(25(26)35)40-29-24(34)22(31)23(33)21(16-32)38-29/h17-29,32-35H,9-16,31H2,1-8H3/t17-,18+,19-,20-,21-,22+,23-,24-,25+,26?,27+,28-,29-/m1/s1. The third-order valence-electron chi connectivity index (χ3n) is 10.1. The van der Waals surface area contributed by atoms with Crippen LogP contribution >= 0.6 is 0 Å². The lowest BCUT2D eigenvalue weighted by Crippen LogP contribution is -2.64. The van der Waals surface area contributed by atoms with Crippen molar-refractivity contribution in [2.75, 3.05) is 13.2 Å². The minimum atomic E-state index is -1.89. The maximum absolute atomic E-state index is 11.8. The molecule has 0 radical (unpaired) electrons. The summed E-state index contributed by atoms with van der Waals surface area (Å²) >= 11 is 0. The van der Waals surface area contributed by atoms with Gasteiger partial charge in [0.1, 0.15) is 24.4 Å². The highest BCUT2D eigenvalue weighted by molar-refractivity contribution is 6.74. The van der Waals surface area contributed by atoms with Crippen molar-refractivity contribution in [2.24, 2.45) is 23.5 Å². The Morgan fingerprint density at radius 2 is 1.56 bits per heavy atom. The van der Waals surface area contributed by atoms with Crippen LogP contribution in [0.2, 0.25) is 18.1 Å². The molecule has 242 valence electrons. The molecule has 3 rings (SSSR count). The summed E-state index contributed by atoms with van der Waals surface area (Å²) in [7, 11) is -1.89. The van der Waals surface area contributed by atoms with E-state index < -0.39 is 70.2 Å². The first-order valence-electron chi connectivity index (χ1n) is 15.8. The molecule has 6 N–H and O–H groups in total. The predicted octanol–water partition coefficient (Wildman–Crippen LogP) is 2.89. The number of aliphatic hydroxyl groups is 4. The molecule has 0 spiro atoms. The van der Waals surface area contributed by atoms with Crippen molar-refractivity contribution in [3.63, 3.8) is 0 Å². The Bertz CT molecular complexity index is 796. The van der Waals surface area contributed by atoms with E-state index in [1.165, 1.54) is 0 Å². The van der Waals surface area contributed by atoms with Gasteiger partial charge in [-0.15, -0.1) is 0 Å². The summed E-state index contributed by atoms with van der Waals surface area (Å²) in [6.45, 7) is 17.6. The molecule has 2 saturated heterocycles. The normalized spacial score (nSPS) is 42.8. The first kappa shape index (κ1) is 35.3. The summed E-state index contributed by atoms with van der Waals surface area (Å²) in [5, 5.41) is 42.7. The van der Waals surface area contributed by atoms with Crippen LogP contribution in [0.25, 0.3) is 0 Å². The van der Waals surface area contributed by atoms with Crippen molar-refractivity contribution < 1.29 is 43.8 Å². The van der Waals surface area contributed by atoms with Crippen molar-refractivity contribution in [2.45, 2.75) is 160 Å². The maximum atomic E-state index is 11.8. The second-order valence-corrected chi connectivity index (χ2v) is 19.1. The third kappa shape index (κ3) is 8.51. The number of rotatable bonds is 11. The third-order valence-corrected chi connectivity index (χ3v) is 14.6. The van der Waals surface area contributed by atoms with Gasteiger partial charge in [0.05, 0.1) is 31.0 Å². The van der Waals surface area contributed by atoms with Gasteiger partial charge in [0.25, 0.3) is 0 Å². The molecule has 1 aliphatic carbocycles. The van der Waals surface area contributed by atoms with Gasteiger partial charge in [0.15, 0.2) is 20.9 Å². The highest BCUT2D eigenvalue weighted by Crippen LogP contribution is 2.41. The first-order valence-corrected chi connectivity index (χ1v) is 18.7. The van der Waals surface area contributed by atoms with Crippen molar-refractivity contribution in [3.05, 3.63) is 0 Å². The molecule has 1 unspecified atom stereocenters. The van der Waals surface area contributed by atoms with E-state index >= 15 is 0 Å². The minimum absolute atomic E-state index is 0.0421. The average Bonchev–Trinajstić information content (AvgIpc) is 2.91. The zero-order chi connectivity index (χ0) is 30.7. The molecule has 2 heterocycles. The second kappa shape index (κ2) is 14.7. The van der Waals surface area contributed by atoms with E-state index in [4.69, 9.17) is 29.1 Å². The van der Waals surface area contributed by atoms with E-state index in [0.29, 0.717) is 6.61 Å². The van der Waals surface area contributed by atoms with Crippen LogP contribution in [-0.2, 0) is 23.4 Å². The SMILES string of the molecule is CC[C@@H]1CC[C@@H](C)[C@@H](OC2[C@@H](C)C[C@@H](CCCO[Si](C)(C)C(C)(C)C)[C@H](O[C@H]3O[C@H](CO)[C@@H](O)[C@H](N)[C@H]3O)[C@H]2O)O1. The quantitative estimate of drug-likeness (QED) is 0.176. The van der Waals surface area contributed by atoms with E-state index in [9.17, 15) is 20.4 Å². The van der Waals surface area contributed by atoms with Crippen LogP contribution in [0.4, 0.5) is 0 Å². The zero-order valence-corrected chi connectivity index (χ0v) is 27.6. The molecule has 13 atom stereocenters. The molecular formula is C30H59NO9Si. The van der Waals surface area contributed by atoms with E-state index in [0.717, 1.165) is 38.5 Å². The Morgan fingerprint density at radius 1 is 0.902 bits per heavy atom. The van der Waals surface area contributed by atoms with Gasteiger partial charge in [0, 0.05) is 12.5 Å². The van der Waals surface area contributed by atoms with Crippen LogP contribution in [0.3, 0.4) is 0 Å². The fraction of sp³-hybridized carbons (Fsp3) is 1.00. The molecule has 11 heteroatoms. The molecule has 0 aromatic rings. The molecule has 0 amide bonds. The molecular weight excluding hydrogens is 546 g/mol. The molecule has 10 nitrogen and oxygen atoms in total. The van der Waals surface area contributed by atoms with Crippen molar-refractivity contribution in [3.8, 4) is 0 Å². The van der Waals surface area contributed by atoms with Gasteiger partial charge in [-0.2, -0.15) is 0 Å². The van der Waals surface area contributed by atoms with Gasteiger partial charge in [-0.05, 0) is 68.5 Å². The first-order chi connectivity index (χ1) is 19.1. The number of hydrogen-bond acceptors (Lipinski definition) is 10. The zero-order valence-electron chi connectivity index (χ0n) is 26.6. The number of hydrogen-bond donors (Lipinski definition) is 5. The summed E-state index contributed by atoms with van der Waals surface area (Å²) in [6, 6.07) is -1.06. The second-order valence-electron chi connectivity index (χ2n) is 14.3. The number of aliphatic hydroxyl groups excluding tert-OH is 4. The number of nitrogens with two attached hydrogens (primary N) is 1. The highest BCUT2D eigenvalue weighted by Gasteiger charge is 2.50. The largest absolute Gasteiger partial charge is 0.417 e.